The monoisotopic (exact) mass is 440 g/mol. The Morgan fingerprint density at radius 1 is 1.00 bits per heavy atom. The molecule has 0 radical (unpaired) electrons. The lowest BCUT2D eigenvalue weighted by atomic mass is 9.98. The Hall–Kier alpha value is -3.88. The number of esters is 1. The Balaban J connectivity index is 1.50. The van der Waals surface area contributed by atoms with Gasteiger partial charge >= 0.3 is 18.0 Å². The predicted octanol–water partition coefficient (Wildman–Crippen LogP) is 2.05. The number of aliphatic carboxylic acids is 1. The summed E-state index contributed by atoms with van der Waals surface area (Å²) >= 11 is 0. The van der Waals surface area contributed by atoms with Crippen LogP contribution in [0.2, 0.25) is 0 Å². The van der Waals surface area contributed by atoms with Crippen LogP contribution in [0.5, 0.6) is 0 Å². The highest BCUT2D eigenvalue weighted by atomic mass is 16.5. The molecule has 0 saturated carbocycles. The van der Waals surface area contributed by atoms with Crippen molar-refractivity contribution in [1.82, 2.24) is 10.6 Å². The molecule has 0 aliphatic heterocycles. The van der Waals surface area contributed by atoms with E-state index in [9.17, 15) is 24.3 Å². The number of rotatable bonds is 9. The summed E-state index contributed by atoms with van der Waals surface area (Å²) in [4.78, 5) is 46.5. The number of hydrogen-bond donors (Lipinski definition) is 3. The maximum absolute atomic E-state index is 12.1. The minimum atomic E-state index is -1.29. The van der Waals surface area contributed by atoms with E-state index in [1.165, 1.54) is 7.11 Å². The van der Waals surface area contributed by atoms with Gasteiger partial charge in [-0.25, -0.2) is 9.59 Å². The molecule has 9 nitrogen and oxygen atoms in total. The molecule has 1 unspecified atom stereocenters. The van der Waals surface area contributed by atoms with Crippen LogP contribution in [0.3, 0.4) is 0 Å². The van der Waals surface area contributed by atoms with Crippen LogP contribution in [-0.4, -0.2) is 55.3 Å². The van der Waals surface area contributed by atoms with Gasteiger partial charge in [0.2, 0.25) is 5.91 Å². The van der Waals surface area contributed by atoms with Gasteiger partial charge in [-0.15, -0.1) is 0 Å². The molecule has 2 amide bonds. The summed E-state index contributed by atoms with van der Waals surface area (Å²) in [5.74, 6) is -2.70. The van der Waals surface area contributed by atoms with Crippen LogP contribution in [0.1, 0.15) is 29.9 Å². The SMILES string of the molecule is COC(=O)CCC(NC(=O)CNC(=O)OCC1c2ccccc2-c2ccccc21)C(=O)O. The Labute approximate surface area is 184 Å². The van der Waals surface area contributed by atoms with E-state index in [1.807, 2.05) is 48.5 Å². The third-order valence-corrected chi connectivity index (χ3v) is 5.24. The molecule has 3 N–H and O–H groups in total. The lowest BCUT2D eigenvalue weighted by molar-refractivity contribution is -0.144. The maximum Gasteiger partial charge on any atom is 0.407 e. The van der Waals surface area contributed by atoms with Gasteiger partial charge in [-0.1, -0.05) is 48.5 Å². The molecule has 2 aromatic carbocycles. The van der Waals surface area contributed by atoms with E-state index in [0.29, 0.717) is 0 Å². The van der Waals surface area contributed by atoms with Crippen molar-refractivity contribution in [2.24, 2.45) is 0 Å². The highest BCUT2D eigenvalue weighted by molar-refractivity contribution is 5.87. The van der Waals surface area contributed by atoms with Gasteiger partial charge in [0.05, 0.1) is 7.11 Å². The number of nitrogens with one attached hydrogen (secondary N) is 2. The lowest BCUT2D eigenvalue weighted by Gasteiger charge is -2.16. The minimum Gasteiger partial charge on any atom is -0.480 e. The van der Waals surface area contributed by atoms with E-state index < -0.39 is 36.5 Å². The Morgan fingerprint density at radius 3 is 2.16 bits per heavy atom. The number of carboxylic acid groups (broad SMARTS) is 1. The summed E-state index contributed by atoms with van der Waals surface area (Å²) in [6.45, 7) is -0.364. The van der Waals surface area contributed by atoms with Crippen LogP contribution in [-0.2, 0) is 23.9 Å². The molecule has 9 heteroatoms. The van der Waals surface area contributed by atoms with E-state index in [2.05, 4.69) is 15.4 Å². The third-order valence-electron chi connectivity index (χ3n) is 5.24. The van der Waals surface area contributed by atoms with Crippen LogP contribution in [0.15, 0.2) is 48.5 Å². The molecule has 2 aromatic rings. The number of carboxylic acids is 1. The van der Waals surface area contributed by atoms with Crippen LogP contribution in [0.25, 0.3) is 11.1 Å². The predicted molar refractivity (Wildman–Crippen MR) is 114 cm³/mol. The van der Waals surface area contributed by atoms with Gasteiger partial charge in [0, 0.05) is 12.3 Å². The smallest absolute Gasteiger partial charge is 0.407 e. The first kappa shape index (κ1) is 22.8. The van der Waals surface area contributed by atoms with Gasteiger partial charge in [0.1, 0.15) is 19.2 Å². The number of benzene rings is 2. The average molecular weight is 440 g/mol. The van der Waals surface area contributed by atoms with Crippen molar-refractivity contribution in [2.45, 2.75) is 24.8 Å². The summed E-state index contributed by atoms with van der Waals surface area (Å²) in [5.41, 5.74) is 4.33. The standard InChI is InChI=1S/C23H24N2O7/c1-31-21(27)11-10-19(22(28)29)25-20(26)12-24-23(30)32-13-18-16-8-4-2-6-14(16)15-7-3-5-9-17(15)18/h2-9,18-19H,10-13H2,1H3,(H,24,30)(H,25,26)(H,28,29). The Bertz CT molecular complexity index is 975. The maximum atomic E-state index is 12.1. The van der Waals surface area contributed by atoms with Gasteiger partial charge in [0.15, 0.2) is 0 Å². The molecule has 0 heterocycles. The van der Waals surface area contributed by atoms with E-state index in [1.54, 1.807) is 0 Å². The van der Waals surface area contributed by atoms with Crippen molar-refractivity contribution in [1.29, 1.82) is 0 Å². The molecule has 0 fully saturated rings. The number of fused-ring (bicyclic) bond motifs is 3. The summed E-state index contributed by atoms with van der Waals surface area (Å²) in [6, 6.07) is 14.5. The zero-order chi connectivity index (χ0) is 23.1. The molecule has 0 aromatic heterocycles. The first-order chi connectivity index (χ1) is 15.4. The zero-order valence-electron chi connectivity index (χ0n) is 17.5. The topological polar surface area (TPSA) is 131 Å². The molecule has 3 rings (SSSR count). The molecular formula is C23H24N2O7. The molecule has 168 valence electrons. The number of hydrogen-bond acceptors (Lipinski definition) is 6. The Kier molecular flexibility index (Phi) is 7.43. The van der Waals surface area contributed by atoms with Gasteiger partial charge in [-0.05, 0) is 28.7 Å². The van der Waals surface area contributed by atoms with Gasteiger partial charge in [-0.3, -0.25) is 9.59 Å². The normalized spacial score (nSPS) is 12.8. The van der Waals surface area contributed by atoms with Crippen LogP contribution < -0.4 is 10.6 Å². The van der Waals surface area contributed by atoms with Crippen molar-refractivity contribution < 1.29 is 33.8 Å². The summed E-state index contributed by atoms with van der Waals surface area (Å²) in [7, 11) is 1.19. The van der Waals surface area contributed by atoms with Crippen molar-refractivity contribution in [3.8, 4) is 11.1 Å². The number of ether oxygens (including phenoxy) is 2. The second kappa shape index (κ2) is 10.4. The van der Waals surface area contributed by atoms with E-state index in [0.717, 1.165) is 22.3 Å². The van der Waals surface area contributed by atoms with Gasteiger partial charge in [-0.2, -0.15) is 0 Å². The fourth-order valence-electron chi connectivity index (χ4n) is 3.67. The number of carbonyl (C=O) groups excluding carboxylic acids is 3. The minimum absolute atomic E-state index is 0.0956. The largest absolute Gasteiger partial charge is 0.480 e. The summed E-state index contributed by atoms with van der Waals surface area (Å²) < 4.78 is 9.79. The first-order valence-corrected chi connectivity index (χ1v) is 10.1. The molecule has 1 atom stereocenters. The number of carbonyl (C=O) groups is 4. The van der Waals surface area contributed by atoms with E-state index in [-0.39, 0.29) is 25.4 Å². The molecule has 32 heavy (non-hydrogen) atoms. The quantitative estimate of drug-likeness (QED) is 0.509. The molecule has 1 aliphatic rings. The first-order valence-electron chi connectivity index (χ1n) is 10.1. The van der Waals surface area contributed by atoms with Gasteiger partial charge in [0.25, 0.3) is 0 Å². The summed E-state index contributed by atoms with van der Waals surface area (Å²) in [6.07, 6.45) is -1.07. The van der Waals surface area contributed by atoms with Crippen molar-refractivity contribution >= 4 is 23.9 Å². The van der Waals surface area contributed by atoms with Crippen LogP contribution >= 0.6 is 0 Å². The molecular weight excluding hydrogens is 416 g/mol. The fraction of sp³-hybridized carbons (Fsp3) is 0.304. The highest BCUT2D eigenvalue weighted by Crippen LogP contribution is 2.44. The van der Waals surface area contributed by atoms with Gasteiger partial charge < -0.3 is 25.2 Å². The number of amides is 2. The second-order valence-electron chi connectivity index (χ2n) is 7.25. The van der Waals surface area contributed by atoms with E-state index in [4.69, 9.17) is 4.74 Å². The number of alkyl carbamates (subject to hydrolysis) is 1. The molecule has 0 spiro atoms. The molecule has 0 saturated heterocycles. The number of methoxy groups -OCH3 is 1. The van der Waals surface area contributed by atoms with E-state index >= 15 is 0 Å². The van der Waals surface area contributed by atoms with Crippen LogP contribution in [0, 0.1) is 0 Å². The second-order valence-corrected chi connectivity index (χ2v) is 7.25. The molecule has 0 bridgehead atoms. The van der Waals surface area contributed by atoms with Crippen molar-refractivity contribution in [2.75, 3.05) is 20.3 Å². The average Bonchev–Trinajstić information content (AvgIpc) is 3.12. The lowest BCUT2D eigenvalue weighted by Crippen LogP contribution is -2.45. The summed E-state index contributed by atoms with van der Waals surface area (Å²) in [5, 5.41) is 13.7. The fourth-order valence-corrected chi connectivity index (χ4v) is 3.67. The Morgan fingerprint density at radius 2 is 1.59 bits per heavy atom. The van der Waals surface area contributed by atoms with Crippen LogP contribution in [0.4, 0.5) is 4.79 Å². The van der Waals surface area contributed by atoms with Crippen molar-refractivity contribution in [3.05, 3.63) is 59.7 Å². The molecule has 1 aliphatic carbocycles. The van der Waals surface area contributed by atoms with Crippen molar-refractivity contribution in [3.63, 3.8) is 0 Å². The third kappa shape index (κ3) is 5.42. The zero-order valence-corrected chi connectivity index (χ0v) is 17.5. The highest BCUT2D eigenvalue weighted by Gasteiger charge is 2.29.